The topological polar surface area (TPSA) is 76.0 Å². The lowest BCUT2D eigenvalue weighted by molar-refractivity contribution is 0.240. The van der Waals surface area contributed by atoms with Gasteiger partial charge in [0.15, 0.2) is 0 Å². The number of pyridine rings is 1. The van der Waals surface area contributed by atoms with Gasteiger partial charge in [0.1, 0.15) is 12.0 Å². The summed E-state index contributed by atoms with van der Waals surface area (Å²) < 4.78 is 9.88. The van der Waals surface area contributed by atoms with Gasteiger partial charge in [-0.05, 0) is 6.07 Å². The average molecular weight is 197 g/mol. The summed E-state index contributed by atoms with van der Waals surface area (Å²) in [5, 5.41) is 8.31. The van der Waals surface area contributed by atoms with Gasteiger partial charge in [0, 0.05) is 6.07 Å². The molecule has 0 bridgehead atoms. The highest BCUT2D eigenvalue weighted by atomic mass is 16.5. The van der Waals surface area contributed by atoms with Crippen LogP contribution >= 0.6 is 0 Å². The second-order valence-corrected chi connectivity index (χ2v) is 2.27. The third-order valence-electron chi connectivity index (χ3n) is 1.48. The van der Waals surface area contributed by atoms with Crippen molar-refractivity contribution in [2.45, 2.75) is 0 Å². The molecule has 0 aromatic carbocycles. The van der Waals surface area contributed by atoms with Crippen LogP contribution < -0.4 is 15.0 Å². The Balaban J connectivity index is 2.99. The SMILES string of the molecule is COc1ccc(N=CNO)c(OC)n1. The predicted octanol–water partition coefficient (Wildman–Crippen LogP) is 0.737. The largest absolute Gasteiger partial charge is 0.481 e. The van der Waals surface area contributed by atoms with Gasteiger partial charge in [0.05, 0.1) is 14.2 Å². The minimum absolute atomic E-state index is 0.329. The van der Waals surface area contributed by atoms with Gasteiger partial charge in [-0.25, -0.2) is 4.99 Å². The fraction of sp³-hybridized carbons (Fsp3) is 0.250. The van der Waals surface area contributed by atoms with Crippen LogP contribution in [0.5, 0.6) is 11.8 Å². The molecule has 1 heterocycles. The molecule has 0 fully saturated rings. The fourth-order valence-corrected chi connectivity index (χ4v) is 0.877. The molecule has 6 heteroatoms. The molecule has 0 aliphatic heterocycles. The molecule has 0 atom stereocenters. The number of aromatic nitrogens is 1. The van der Waals surface area contributed by atoms with Crippen LogP contribution in [0, 0.1) is 0 Å². The zero-order chi connectivity index (χ0) is 10.4. The molecule has 1 rings (SSSR count). The maximum absolute atomic E-state index is 8.31. The molecule has 0 saturated carbocycles. The molecule has 0 amide bonds. The van der Waals surface area contributed by atoms with E-state index >= 15 is 0 Å². The Kier molecular flexibility index (Phi) is 3.69. The molecule has 76 valence electrons. The van der Waals surface area contributed by atoms with Crippen LogP contribution in [-0.4, -0.2) is 30.7 Å². The number of ether oxygens (including phenoxy) is 2. The first-order chi connectivity index (χ1) is 6.81. The first kappa shape index (κ1) is 10.3. The molecule has 0 saturated heterocycles. The van der Waals surface area contributed by atoms with Gasteiger partial charge < -0.3 is 9.47 Å². The lowest BCUT2D eigenvalue weighted by Gasteiger charge is -2.04. The standard InChI is InChI=1S/C8H11N3O3/c1-13-7-4-3-6(9-5-10-12)8(11-7)14-2/h3-5,12H,1-2H3,(H,9,10). The lowest BCUT2D eigenvalue weighted by Crippen LogP contribution is -2.01. The van der Waals surface area contributed by atoms with Gasteiger partial charge in [0.25, 0.3) is 0 Å². The molecular weight excluding hydrogens is 186 g/mol. The van der Waals surface area contributed by atoms with E-state index in [1.807, 2.05) is 0 Å². The summed E-state index contributed by atoms with van der Waals surface area (Å²) in [6, 6.07) is 3.31. The molecule has 0 spiro atoms. The molecule has 0 unspecified atom stereocenters. The Labute approximate surface area is 81.2 Å². The molecule has 1 aromatic rings. The predicted molar refractivity (Wildman–Crippen MR) is 50.4 cm³/mol. The summed E-state index contributed by atoms with van der Waals surface area (Å²) in [5.74, 6) is 0.772. The maximum Gasteiger partial charge on any atom is 0.243 e. The zero-order valence-electron chi connectivity index (χ0n) is 7.89. The van der Waals surface area contributed by atoms with Crippen LogP contribution in [0.1, 0.15) is 0 Å². The van der Waals surface area contributed by atoms with E-state index in [1.54, 1.807) is 17.6 Å². The maximum atomic E-state index is 8.31. The van der Waals surface area contributed by atoms with E-state index in [-0.39, 0.29) is 0 Å². The number of hydrogen-bond acceptors (Lipinski definition) is 5. The molecule has 1 aromatic heterocycles. The van der Waals surface area contributed by atoms with Crippen molar-refractivity contribution >= 4 is 12.0 Å². The van der Waals surface area contributed by atoms with E-state index in [0.29, 0.717) is 17.4 Å². The van der Waals surface area contributed by atoms with Crippen molar-refractivity contribution in [2.24, 2.45) is 4.99 Å². The van der Waals surface area contributed by atoms with E-state index < -0.39 is 0 Å². The Hall–Kier alpha value is -1.82. The van der Waals surface area contributed by atoms with Crippen LogP contribution in [0.4, 0.5) is 5.69 Å². The summed E-state index contributed by atoms with van der Waals surface area (Å²) in [7, 11) is 2.99. The number of methoxy groups -OCH3 is 2. The summed E-state index contributed by atoms with van der Waals surface area (Å²) in [6.07, 6.45) is 1.12. The first-order valence-corrected chi connectivity index (χ1v) is 3.83. The van der Waals surface area contributed by atoms with Crippen molar-refractivity contribution in [3.05, 3.63) is 12.1 Å². The van der Waals surface area contributed by atoms with Gasteiger partial charge >= 0.3 is 0 Å². The first-order valence-electron chi connectivity index (χ1n) is 3.83. The van der Waals surface area contributed by atoms with Crippen LogP contribution in [0.15, 0.2) is 17.1 Å². The highest BCUT2D eigenvalue weighted by Crippen LogP contribution is 2.26. The summed E-state index contributed by atoms with van der Waals surface area (Å²) in [4.78, 5) is 7.84. The van der Waals surface area contributed by atoms with Crippen molar-refractivity contribution in [2.75, 3.05) is 14.2 Å². The van der Waals surface area contributed by atoms with Crippen molar-refractivity contribution in [3.63, 3.8) is 0 Å². The second-order valence-electron chi connectivity index (χ2n) is 2.27. The summed E-state index contributed by atoms with van der Waals surface area (Å²) >= 11 is 0. The van der Waals surface area contributed by atoms with Gasteiger partial charge in [-0.15, -0.1) is 0 Å². The minimum atomic E-state index is 0.329. The van der Waals surface area contributed by atoms with Crippen LogP contribution in [0.2, 0.25) is 0 Å². The van der Waals surface area contributed by atoms with Crippen LogP contribution in [0.3, 0.4) is 0 Å². The number of nitrogens with one attached hydrogen (secondary N) is 1. The fourth-order valence-electron chi connectivity index (χ4n) is 0.877. The third-order valence-corrected chi connectivity index (χ3v) is 1.48. The Morgan fingerprint density at radius 1 is 1.43 bits per heavy atom. The molecule has 0 aliphatic carbocycles. The van der Waals surface area contributed by atoms with Gasteiger partial charge in [-0.3, -0.25) is 10.7 Å². The van der Waals surface area contributed by atoms with Gasteiger partial charge in [0.2, 0.25) is 11.8 Å². The van der Waals surface area contributed by atoms with Crippen molar-refractivity contribution in [1.82, 2.24) is 10.5 Å². The molecular formula is C8H11N3O3. The van der Waals surface area contributed by atoms with Gasteiger partial charge in [-0.1, -0.05) is 0 Å². The summed E-state index contributed by atoms with van der Waals surface area (Å²) in [6.45, 7) is 0. The molecule has 14 heavy (non-hydrogen) atoms. The normalized spacial score (nSPS) is 10.2. The lowest BCUT2D eigenvalue weighted by atomic mass is 10.4. The van der Waals surface area contributed by atoms with Crippen LogP contribution in [-0.2, 0) is 0 Å². The Morgan fingerprint density at radius 2 is 2.21 bits per heavy atom. The highest BCUT2D eigenvalue weighted by molar-refractivity contribution is 5.62. The number of aliphatic imine (C=N–C) groups is 1. The highest BCUT2D eigenvalue weighted by Gasteiger charge is 2.04. The number of hydrogen-bond donors (Lipinski definition) is 2. The van der Waals surface area contributed by atoms with E-state index in [1.165, 1.54) is 14.2 Å². The van der Waals surface area contributed by atoms with Crippen LogP contribution in [0.25, 0.3) is 0 Å². The van der Waals surface area contributed by atoms with Crippen molar-refractivity contribution in [1.29, 1.82) is 0 Å². The number of rotatable bonds is 4. The molecule has 2 N–H and O–H groups in total. The smallest absolute Gasteiger partial charge is 0.243 e. The molecule has 0 aliphatic rings. The van der Waals surface area contributed by atoms with Crippen molar-refractivity contribution in [3.8, 4) is 11.8 Å². The number of hydroxylamine groups is 1. The molecule has 0 radical (unpaired) electrons. The van der Waals surface area contributed by atoms with E-state index in [4.69, 9.17) is 14.7 Å². The minimum Gasteiger partial charge on any atom is -0.481 e. The Morgan fingerprint density at radius 3 is 2.79 bits per heavy atom. The third kappa shape index (κ3) is 2.33. The Bertz CT molecular complexity index is 328. The number of nitrogens with zero attached hydrogens (tertiary/aromatic N) is 2. The quantitative estimate of drug-likeness (QED) is 0.423. The van der Waals surface area contributed by atoms with E-state index in [2.05, 4.69) is 9.98 Å². The summed E-state index contributed by atoms with van der Waals surface area (Å²) in [5.41, 5.74) is 2.29. The zero-order valence-corrected chi connectivity index (χ0v) is 7.89. The van der Waals surface area contributed by atoms with Gasteiger partial charge in [-0.2, -0.15) is 4.98 Å². The average Bonchev–Trinajstić information content (AvgIpc) is 2.26. The second kappa shape index (κ2) is 5.03. The van der Waals surface area contributed by atoms with Crippen molar-refractivity contribution < 1.29 is 14.7 Å². The van der Waals surface area contributed by atoms with E-state index in [9.17, 15) is 0 Å². The monoisotopic (exact) mass is 197 g/mol. The van der Waals surface area contributed by atoms with E-state index in [0.717, 1.165) is 6.34 Å². The molecule has 6 nitrogen and oxygen atoms in total.